The van der Waals surface area contributed by atoms with Gasteiger partial charge in [-0.2, -0.15) is 0 Å². The van der Waals surface area contributed by atoms with Crippen molar-refractivity contribution in [2.45, 2.75) is 76.9 Å². The molecule has 0 bridgehead atoms. The lowest BCUT2D eigenvalue weighted by atomic mass is 9.90. The van der Waals surface area contributed by atoms with E-state index in [9.17, 15) is 9.59 Å². The van der Waals surface area contributed by atoms with Crippen molar-refractivity contribution in [3.05, 3.63) is 77.1 Å². The quantitative estimate of drug-likeness (QED) is 0.238. The van der Waals surface area contributed by atoms with E-state index in [4.69, 9.17) is 17.3 Å². The molecule has 0 unspecified atom stereocenters. The molecule has 2 saturated carbocycles. The Morgan fingerprint density at radius 3 is 2.45 bits per heavy atom. The average molecular weight is 588 g/mol. The van der Waals surface area contributed by atoms with E-state index >= 15 is 0 Å². The van der Waals surface area contributed by atoms with Crippen LogP contribution in [0.4, 0.5) is 11.4 Å². The Balaban J connectivity index is 1.41. The molecule has 0 aliphatic heterocycles. The number of nitrogens with zero attached hydrogens (tertiary/aromatic N) is 3. The number of carbonyl (C=O) groups is 2. The molecule has 2 amide bonds. The fourth-order valence-electron chi connectivity index (χ4n) is 5.78. The molecule has 8 heteroatoms. The first-order chi connectivity index (χ1) is 20.3. The summed E-state index contributed by atoms with van der Waals surface area (Å²) in [6.07, 6.45) is 9.51. The van der Waals surface area contributed by atoms with Crippen molar-refractivity contribution in [3.63, 3.8) is 0 Å². The van der Waals surface area contributed by atoms with Crippen LogP contribution >= 0.6 is 11.6 Å². The first-order valence-corrected chi connectivity index (χ1v) is 15.6. The minimum absolute atomic E-state index is 0.183. The van der Waals surface area contributed by atoms with Gasteiger partial charge in [0.2, 0.25) is 5.91 Å². The molecule has 42 heavy (non-hydrogen) atoms. The number of amides is 2. The first kappa shape index (κ1) is 30.1. The number of nitrogens with one attached hydrogen (secondary N) is 1. The van der Waals surface area contributed by atoms with Gasteiger partial charge in [0.15, 0.2) is 0 Å². The van der Waals surface area contributed by atoms with Gasteiger partial charge in [-0.25, -0.2) is 4.98 Å². The van der Waals surface area contributed by atoms with Crippen LogP contribution in [0.5, 0.6) is 0 Å². The third-order valence-corrected chi connectivity index (χ3v) is 8.72. The molecule has 2 aromatic carbocycles. The summed E-state index contributed by atoms with van der Waals surface area (Å²) >= 11 is 5.93. The number of hydrogen-bond acceptors (Lipinski definition) is 5. The molecule has 2 aliphatic rings. The lowest BCUT2D eigenvalue weighted by molar-refractivity contribution is -0.136. The number of carbonyl (C=O) groups excluding carboxylic acids is 2. The number of aromatic nitrogens is 1. The van der Waals surface area contributed by atoms with E-state index in [1.165, 1.54) is 6.20 Å². The van der Waals surface area contributed by atoms with Crippen LogP contribution in [0.1, 0.15) is 74.2 Å². The van der Waals surface area contributed by atoms with Gasteiger partial charge in [0.05, 0.1) is 16.9 Å². The molecule has 3 aromatic rings. The summed E-state index contributed by atoms with van der Waals surface area (Å²) in [5.41, 5.74) is 11.5. The lowest BCUT2D eigenvalue weighted by Crippen LogP contribution is -2.44. The maximum absolute atomic E-state index is 13.3. The Labute approximate surface area is 254 Å². The van der Waals surface area contributed by atoms with Gasteiger partial charge >= 0.3 is 0 Å². The number of halogens is 1. The molecule has 3 N–H and O–H groups in total. The highest BCUT2D eigenvalue weighted by Gasteiger charge is 2.37. The van der Waals surface area contributed by atoms with Crippen molar-refractivity contribution < 1.29 is 9.59 Å². The molecule has 1 heterocycles. The summed E-state index contributed by atoms with van der Waals surface area (Å²) in [5, 5.41) is 3.46. The number of hydrogen-bond donors (Lipinski definition) is 2. The molecule has 2 aliphatic carbocycles. The van der Waals surface area contributed by atoms with Crippen LogP contribution in [0.15, 0.2) is 60.8 Å². The maximum atomic E-state index is 13.3. The lowest BCUT2D eigenvalue weighted by Gasteiger charge is -2.36. The van der Waals surface area contributed by atoms with E-state index in [-0.39, 0.29) is 23.9 Å². The highest BCUT2D eigenvalue weighted by atomic mass is 35.5. The summed E-state index contributed by atoms with van der Waals surface area (Å²) in [4.78, 5) is 34.9. The van der Waals surface area contributed by atoms with E-state index in [1.807, 2.05) is 13.1 Å². The Hall–Kier alpha value is -3.42. The summed E-state index contributed by atoms with van der Waals surface area (Å²) in [6.45, 7) is 3.66. The Kier molecular flexibility index (Phi) is 9.80. The van der Waals surface area contributed by atoms with Crippen molar-refractivity contribution in [1.29, 1.82) is 0 Å². The van der Waals surface area contributed by atoms with Gasteiger partial charge in [0.25, 0.3) is 5.91 Å². The largest absolute Gasteiger partial charge is 0.373 e. The van der Waals surface area contributed by atoms with Crippen molar-refractivity contribution in [3.8, 4) is 11.1 Å². The Morgan fingerprint density at radius 2 is 1.76 bits per heavy atom. The molecular formula is C34H42ClN5O2. The molecule has 2 fully saturated rings. The third-order valence-electron chi connectivity index (χ3n) is 8.50. The van der Waals surface area contributed by atoms with E-state index in [1.54, 1.807) is 12.1 Å². The van der Waals surface area contributed by atoms with Crippen LogP contribution in [-0.4, -0.2) is 47.4 Å². The second-order valence-electron chi connectivity index (χ2n) is 11.8. The monoisotopic (exact) mass is 587 g/mol. The first-order valence-electron chi connectivity index (χ1n) is 15.3. The minimum atomic E-state index is -0.239. The van der Waals surface area contributed by atoms with E-state index in [2.05, 4.69) is 63.4 Å². The minimum Gasteiger partial charge on any atom is -0.373 e. The highest BCUT2D eigenvalue weighted by molar-refractivity contribution is 6.29. The predicted molar refractivity (Wildman–Crippen MR) is 171 cm³/mol. The van der Waals surface area contributed by atoms with Gasteiger partial charge in [0, 0.05) is 44.3 Å². The number of anilines is 2. The fraction of sp³-hybridized carbons (Fsp3) is 0.441. The van der Waals surface area contributed by atoms with Gasteiger partial charge < -0.3 is 20.9 Å². The van der Waals surface area contributed by atoms with Crippen LogP contribution in [0, 0.1) is 5.92 Å². The normalized spacial score (nSPS) is 18.4. The molecule has 7 nitrogen and oxygen atoms in total. The smallest absolute Gasteiger partial charge is 0.257 e. The molecule has 0 atom stereocenters. The molecule has 0 saturated heterocycles. The van der Waals surface area contributed by atoms with E-state index in [0.717, 1.165) is 86.0 Å². The number of nitrogens with two attached hydrogens (primary N) is 1. The van der Waals surface area contributed by atoms with Crippen molar-refractivity contribution >= 4 is 34.8 Å². The van der Waals surface area contributed by atoms with E-state index in [0.29, 0.717) is 23.2 Å². The number of pyridine rings is 1. The van der Waals surface area contributed by atoms with Crippen LogP contribution < -0.4 is 16.0 Å². The number of unbranched alkanes of at least 4 members (excludes halogenated alkanes) is 1. The highest BCUT2D eigenvalue weighted by Crippen LogP contribution is 2.36. The zero-order chi connectivity index (χ0) is 29.6. The van der Waals surface area contributed by atoms with Gasteiger partial charge in [0.1, 0.15) is 5.15 Å². The molecule has 0 radical (unpaired) electrons. The van der Waals surface area contributed by atoms with Crippen molar-refractivity contribution in [2.75, 3.05) is 23.8 Å². The molecule has 5 rings (SSSR count). The molecule has 1 aromatic heterocycles. The Bertz CT molecular complexity index is 1380. The SMILES string of the molecule is CCCCN(C)c1ccc(-c2cccc(CN(C(=O)C3CC3)C3CCC(N)CC3)c2)cc1NC(=O)c1ccc(Cl)nc1. The van der Waals surface area contributed by atoms with Crippen LogP contribution in [0.25, 0.3) is 11.1 Å². The Morgan fingerprint density at radius 1 is 1.00 bits per heavy atom. The average Bonchev–Trinajstić information content (AvgIpc) is 3.85. The summed E-state index contributed by atoms with van der Waals surface area (Å²) in [5.74, 6) is 0.238. The fourth-order valence-corrected chi connectivity index (χ4v) is 5.89. The van der Waals surface area contributed by atoms with Gasteiger partial charge in [-0.1, -0.05) is 49.2 Å². The van der Waals surface area contributed by atoms with Gasteiger partial charge in [-0.3, -0.25) is 9.59 Å². The zero-order valence-electron chi connectivity index (χ0n) is 24.7. The van der Waals surface area contributed by atoms with Crippen LogP contribution in [0.3, 0.4) is 0 Å². The topological polar surface area (TPSA) is 91.6 Å². The maximum Gasteiger partial charge on any atom is 0.257 e. The van der Waals surface area contributed by atoms with Crippen molar-refractivity contribution in [1.82, 2.24) is 9.88 Å². The van der Waals surface area contributed by atoms with Gasteiger partial charge in [-0.15, -0.1) is 0 Å². The second kappa shape index (κ2) is 13.7. The second-order valence-corrected chi connectivity index (χ2v) is 12.2. The zero-order valence-corrected chi connectivity index (χ0v) is 25.4. The molecule has 0 spiro atoms. The summed E-state index contributed by atoms with van der Waals surface area (Å²) < 4.78 is 0. The predicted octanol–water partition coefficient (Wildman–Crippen LogP) is 6.90. The summed E-state index contributed by atoms with van der Waals surface area (Å²) in [7, 11) is 2.05. The van der Waals surface area contributed by atoms with E-state index < -0.39 is 0 Å². The van der Waals surface area contributed by atoms with Crippen LogP contribution in [-0.2, 0) is 11.3 Å². The number of benzene rings is 2. The number of rotatable bonds is 11. The van der Waals surface area contributed by atoms with Gasteiger partial charge in [-0.05, 0) is 92.0 Å². The standard InChI is InChI=1S/C34H42ClN5O2/c1-3-4-18-39(2)31-16-10-26(20-30(31)38-33(41)27-11-17-32(35)37-21-27)25-7-5-6-23(19-25)22-40(34(42)24-8-9-24)29-14-12-28(36)13-15-29/h5-7,10-11,16-17,19-21,24,28-29H,3-4,8-9,12-15,18,22,36H2,1-2H3,(H,38,41). The third kappa shape index (κ3) is 7.50. The van der Waals surface area contributed by atoms with Crippen LogP contribution in [0.2, 0.25) is 5.15 Å². The molecular weight excluding hydrogens is 546 g/mol. The van der Waals surface area contributed by atoms with Crippen molar-refractivity contribution in [2.24, 2.45) is 11.7 Å². The molecule has 222 valence electrons. The summed E-state index contributed by atoms with van der Waals surface area (Å²) in [6, 6.07) is 18.4.